The zero-order valence-electron chi connectivity index (χ0n) is 11.0. The number of nitrogens with zero attached hydrogens (tertiary/aromatic N) is 3. The van der Waals surface area contributed by atoms with Crippen LogP contribution in [0.2, 0.25) is 0 Å². The minimum absolute atomic E-state index is 0.0906. The molecule has 98 valence electrons. The molecule has 1 aromatic heterocycles. The van der Waals surface area contributed by atoms with E-state index in [0.29, 0.717) is 0 Å². The standard InChI is InChI=1S/C13H20N4O/c1-3-8-17-12(14-9-15-17)10(2)16-13(18)11-6-4-5-7-11/h4-5,9-11H,3,6-8H2,1-2H3,(H,16,18). The Hall–Kier alpha value is -1.65. The highest BCUT2D eigenvalue weighted by atomic mass is 16.1. The maximum absolute atomic E-state index is 12.0. The van der Waals surface area contributed by atoms with Gasteiger partial charge >= 0.3 is 0 Å². The lowest BCUT2D eigenvalue weighted by atomic mass is 10.1. The lowest BCUT2D eigenvalue weighted by Crippen LogP contribution is -2.33. The number of allylic oxidation sites excluding steroid dienone is 2. The van der Waals surface area contributed by atoms with E-state index in [0.717, 1.165) is 31.6 Å². The zero-order valence-corrected chi connectivity index (χ0v) is 11.0. The summed E-state index contributed by atoms with van der Waals surface area (Å²) in [5.41, 5.74) is 0. The van der Waals surface area contributed by atoms with Gasteiger partial charge in [-0.15, -0.1) is 0 Å². The fourth-order valence-electron chi connectivity index (χ4n) is 2.22. The Morgan fingerprint density at radius 3 is 2.94 bits per heavy atom. The maximum atomic E-state index is 12.0. The van der Waals surface area contributed by atoms with Gasteiger partial charge in [0, 0.05) is 12.5 Å². The lowest BCUT2D eigenvalue weighted by molar-refractivity contribution is -0.125. The van der Waals surface area contributed by atoms with Crippen molar-refractivity contribution in [2.24, 2.45) is 5.92 Å². The van der Waals surface area contributed by atoms with Crippen molar-refractivity contribution in [2.45, 2.75) is 45.7 Å². The number of aryl methyl sites for hydroxylation is 1. The molecular formula is C13H20N4O. The Morgan fingerprint density at radius 2 is 2.28 bits per heavy atom. The van der Waals surface area contributed by atoms with Gasteiger partial charge in [-0.1, -0.05) is 19.1 Å². The molecule has 0 aromatic carbocycles. The van der Waals surface area contributed by atoms with E-state index in [1.807, 2.05) is 11.6 Å². The highest BCUT2D eigenvalue weighted by Crippen LogP contribution is 2.19. The van der Waals surface area contributed by atoms with Crippen LogP contribution in [-0.4, -0.2) is 20.7 Å². The molecule has 1 amide bonds. The molecule has 1 N–H and O–H groups in total. The van der Waals surface area contributed by atoms with Gasteiger partial charge in [-0.05, 0) is 26.2 Å². The van der Waals surface area contributed by atoms with Gasteiger partial charge in [0.05, 0.1) is 6.04 Å². The van der Waals surface area contributed by atoms with Gasteiger partial charge < -0.3 is 5.32 Å². The van der Waals surface area contributed by atoms with Gasteiger partial charge in [-0.2, -0.15) is 5.10 Å². The molecule has 1 heterocycles. The van der Waals surface area contributed by atoms with Gasteiger partial charge in [0.15, 0.2) is 0 Å². The summed E-state index contributed by atoms with van der Waals surface area (Å²) < 4.78 is 1.86. The van der Waals surface area contributed by atoms with E-state index in [9.17, 15) is 4.79 Å². The average molecular weight is 248 g/mol. The topological polar surface area (TPSA) is 59.8 Å². The van der Waals surface area contributed by atoms with Crippen LogP contribution in [0.25, 0.3) is 0 Å². The van der Waals surface area contributed by atoms with Gasteiger partial charge in [0.1, 0.15) is 12.2 Å². The molecule has 0 fully saturated rings. The van der Waals surface area contributed by atoms with Crippen LogP contribution in [0, 0.1) is 5.92 Å². The largest absolute Gasteiger partial charge is 0.346 e. The van der Waals surface area contributed by atoms with Crippen molar-refractivity contribution in [2.75, 3.05) is 0 Å². The van der Waals surface area contributed by atoms with E-state index >= 15 is 0 Å². The second kappa shape index (κ2) is 5.80. The predicted molar refractivity (Wildman–Crippen MR) is 68.7 cm³/mol. The van der Waals surface area contributed by atoms with Gasteiger partial charge in [-0.25, -0.2) is 9.67 Å². The molecule has 18 heavy (non-hydrogen) atoms. The molecule has 0 saturated carbocycles. The zero-order chi connectivity index (χ0) is 13.0. The fourth-order valence-corrected chi connectivity index (χ4v) is 2.22. The van der Waals surface area contributed by atoms with Crippen molar-refractivity contribution >= 4 is 5.91 Å². The third-order valence-corrected chi connectivity index (χ3v) is 3.21. The summed E-state index contributed by atoms with van der Waals surface area (Å²) in [6, 6.07) is -0.0906. The van der Waals surface area contributed by atoms with Crippen molar-refractivity contribution in [1.82, 2.24) is 20.1 Å². The Bertz CT molecular complexity index is 430. The van der Waals surface area contributed by atoms with E-state index in [1.165, 1.54) is 0 Å². The molecule has 1 aromatic rings. The maximum Gasteiger partial charge on any atom is 0.224 e. The number of rotatable bonds is 5. The van der Waals surface area contributed by atoms with Crippen molar-refractivity contribution in [3.63, 3.8) is 0 Å². The van der Waals surface area contributed by atoms with Crippen LogP contribution in [0.4, 0.5) is 0 Å². The van der Waals surface area contributed by atoms with Crippen molar-refractivity contribution in [1.29, 1.82) is 0 Å². The molecule has 1 aliphatic carbocycles. The number of nitrogens with one attached hydrogen (secondary N) is 1. The molecule has 1 aliphatic rings. The van der Waals surface area contributed by atoms with Crippen LogP contribution in [0.15, 0.2) is 18.5 Å². The highest BCUT2D eigenvalue weighted by Gasteiger charge is 2.22. The molecular weight excluding hydrogens is 228 g/mol. The highest BCUT2D eigenvalue weighted by molar-refractivity contribution is 5.79. The molecule has 5 heteroatoms. The molecule has 0 aliphatic heterocycles. The Labute approximate surface area is 107 Å². The first-order valence-corrected chi connectivity index (χ1v) is 6.55. The SMILES string of the molecule is CCCn1ncnc1C(C)NC(=O)C1CC=CC1. The number of hydrogen-bond acceptors (Lipinski definition) is 3. The molecule has 0 spiro atoms. The molecule has 1 atom stereocenters. The summed E-state index contributed by atoms with van der Waals surface area (Å²) in [6.45, 7) is 4.88. The van der Waals surface area contributed by atoms with Crippen molar-refractivity contribution < 1.29 is 4.79 Å². The second-order valence-electron chi connectivity index (χ2n) is 4.71. The molecule has 0 bridgehead atoms. The summed E-state index contributed by atoms with van der Waals surface area (Å²) >= 11 is 0. The van der Waals surface area contributed by atoms with E-state index in [2.05, 4.69) is 34.5 Å². The second-order valence-corrected chi connectivity index (χ2v) is 4.71. The van der Waals surface area contributed by atoms with E-state index < -0.39 is 0 Å². The first-order chi connectivity index (χ1) is 8.72. The van der Waals surface area contributed by atoms with Gasteiger partial charge in [-0.3, -0.25) is 4.79 Å². The number of carbonyl (C=O) groups is 1. The molecule has 5 nitrogen and oxygen atoms in total. The number of aromatic nitrogens is 3. The Kier molecular flexibility index (Phi) is 4.12. The lowest BCUT2D eigenvalue weighted by Gasteiger charge is -2.17. The first kappa shape index (κ1) is 12.8. The van der Waals surface area contributed by atoms with Crippen LogP contribution in [0.5, 0.6) is 0 Å². The first-order valence-electron chi connectivity index (χ1n) is 6.55. The van der Waals surface area contributed by atoms with Crippen molar-refractivity contribution in [3.05, 3.63) is 24.3 Å². The smallest absolute Gasteiger partial charge is 0.224 e. The number of carbonyl (C=O) groups excluding carboxylic acids is 1. The summed E-state index contributed by atoms with van der Waals surface area (Å²) in [6.07, 6.45) is 8.37. The minimum atomic E-state index is -0.0906. The van der Waals surface area contributed by atoms with Crippen molar-refractivity contribution in [3.8, 4) is 0 Å². The van der Waals surface area contributed by atoms with Gasteiger partial charge in [0.2, 0.25) is 5.91 Å². The summed E-state index contributed by atoms with van der Waals surface area (Å²) in [5.74, 6) is 1.03. The van der Waals surface area contributed by atoms with Crippen LogP contribution < -0.4 is 5.32 Å². The van der Waals surface area contributed by atoms with Gasteiger partial charge in [0.25, 0.3) is 0 Å². The summed E-state index contributed by atoms with van der Waals surface area (Å²) in [5, 5.41) is 7.19. The van der Waals surface area contributed by atoms with E-state index in [-0.39, 0.29) is 17.9 Å². The fraction of sp³-hybridized carbons (Fsp3) is 0.615. The summed E-state index contributed by atoms with van der Waals surface area (Å²) in [7, 11) is 0. The minimum Gasteiger partial charge on any atom is -0.346 e. The van der Waals surface area contributed by atoms with E-state index in [4.69, 9.17) is 0 Å². The molecule has 0 radical (unpaired) electrons. The van der Waals surface area contributed by atoms with Crippen LogP contribution in [0.3, 0.4) is 0 Å². The van der Waals surface area contributed by atoms with Crippen LogP contribution in [0.1, 0.15) is 45.0 Å². The molecule has 0 saturated heterocycles. The Balaban J connectivity index is 1.96. The quantitative estimate of drug-likeness (QED) is 0.809. The average Bonchev–Trinajstić information content (AvgIpc) is 3.00. The van der Waals surface area contributed by atoms with E-state index in [1.54, 1.807) is 6.33 Å². The predicted octanol–water partition coefficient (Wildman–Crippen LogP) is 1.83. The third-order valence-electron chi connectivity index (χ3n) is 3.21. The molecule has 2 rings (SSSR count). The Morgan fingerprint density at radius 1 is 1.56 bits per heavy atom. The molecule has 1 unspecified atom stereocenters. The number of amides is 1. The van der Waals surface area contributed by atoms with Crippen LogP contribution in [-0.2, 0) is 11.3 Å². The third kappa shape index (κ3) is 2.78. The number of hydrogen-bond donors (Lipinski definition) is 1. The van der Waals surface area contributed by atoms with Crippen LogP contribution >= 0.6 is 0 Å². The summed E-state index contributed by atoms with van der Waals surface area (Å²) in [4.78, 5) is 16.2. The normalized spacial score (nSPS) is 17.0. The monoisotopic (exact) mass is 248 g/mol.